The molecule has 0 aromatic heterocycles. The first-order valence-corrected chi connectivity index (χ1v) is 16.5. The first-order chi connectivity index (χ1) is 21.3. The van der Waals surface area contributed by atoms with Gasteiger partial charge < -0.3 is 15.3 Å². The van der Waals surface area contributed by atoms with Crippen molar-refractivity contribution in [2.45, 2.75) is 14.7 Å². The molecule has 3 rings (SSSR count). The number of hydrogen-bond donors (Lipinski definition) is 6. The third-order valence-corrected chi connectivity index (χ3v) is 8.83. The summed E-state index contributed by atoms with van der Waals surface area (Å²) in [5.41, 5.74) is -3.12. The maximum atomic E-state index is 12.5. The van der Waals surface area contributed by atoms with E-state index in [0.717, 1.165) is 30.3 Å². The zero-order valence-corrected chi connectivity index (χ0v) is 26.7. The first kappa shape index (κ1) is 39.3. The van der Waals surface area contributed by atoms with E-state index in [9.17, 15) is 55.2 Å². The van der Waals surface area contributed by atoms with Crippen LogP contribution in [0.2, 0.25) is 0 Å². The number of aromatic hydroxyl groups is 3. The summed E-state index contributed by atoms with van der Waals surface area (Å²) >= 11 is 0.217. The number of nitro groups is 1. The van der Waals surface area contributed by atoms with Crippen LogP contribution < -0.4 is 0 Å². The summed E-state index contributed by atoms with van der Waals surface area (Å²) in [6.45, 7) is -0.934. The summed E-state index contributed by atoms with van der Waals surface area (Å²) in [7, 11) is -14.3. The molecule has 0 saturated heterocycles. The molecule has 3 aromatic carbocycles. The van der Waals surface area contributed by atoms with Gasteiger partial charge >= 0.3 is 10.4 Å². The Morgan fingerprint density at radius 2 is 1.45 bits per heavy atom. The number of rotatable bonds is 14. The van der Waals surface area contributed by atoms with Crippen molar-refractivity contribution in [2.75, 3.05) is 12.4 Å². The van der Waals surface area contributed by atoms with Crippen molar-refractivity contribution < 1.29 is 90.5 Å². The summed E-state index contributed by atoms with van der Waals surface area (Å²) < 4.78 is 95.7. The molecule has 0 heterocycles. The molecule has 6 N–H and O–H groups in total. The fraction of sp³-hybridized carbons (Fsp3) is 0.100. The molecule has 27 heteroatoms. The summed E-state index contributed by atoms with van der Waals surface area (Å²) in [6.07, 6.45) is 0. The second kappa shape index (κ2) is 15.8. The fourth-order valence-corrected chi connectivity index (χ4v) is 5.84. The SMILES string of the molecule is O=[N+]([O-])c1cc(N=Nc2ccc(O)c(N=Nc3ccc(S(=O)(=O)CCOS(=O)(=O)O)cc3SOOO)c2O)c(O)c(S(=O)(=O)O)c1.[Fe]. The molecule has 0 saturated carbocycles. The van der Waals surface area contributed by atoms with Gasteiger partial charge in [0, 0.05) is 29.2 Å². The van der Waals surface area contributed by atoms with Crippen LogP contribution in [0.5, 0.6) is 17.2 Å². The number of nitro benzene ring substituents is 1. The number of hydrogen-bond acceptors (Lipinski definition) is 20. The van der Waals surface area contributed by atoms with Gasteiger partial charge in [-0.05, 0) is 30.3 Å². The van der Waals surface area contributed by atoms with Gasteiger partial charge in [-0.1, -0.05) is 5.04 Å². The Balaban J connectivity index is 0.00000768. The van der Waals surface area contributed by atoms with Gasteiger partial charge in [-0.3, -0.25) is 19.2 Å². The van der Waals surface area contributed by atoms with Crippen molar-refractivity contribution in [3.63, 3.8) is 0 Å². The Labute approximate surface area is 277 Å². The fourth-order valence-electron chi connectivity index (χ4n) is 3.16. The number of azo groups is 2. The minimum atomic E-state index is -5.15. The quantitative estimate of drug-likeness (QED) is 0.0257. The van der Waals surface area contributed by atoms with Crippen molar-refractivity contribution in [3.8, 4) is 17.2 Å². The minimum Gasteiger partial charge on any atom is -0.505 e. The molecular formula is C20H17FeN5O17S4. The first-order valence-electron chi connectivity index (χ1n) is 11.3. The van der Waals surface area contributed by atoms with Crippen molar-refractivity contribution >= 4 is 70.8 Å². The normalized spacial score (nSPS) is 12.4. The number of phenols is 3. The molecule has 47 heavy (non-hydrogen) atoms. The summed E-state index contributed by atoms with van der Waals surface area (Å²) in [6, 6.07) is 5.82. The van der Waals surface area contributed by atoms with Crippen LogP contribution in [0, 0.1) is 10.1 Å². The average molecular weight is 783 g/mol. The monoisotopic (exact) mass is 783 g/mol. The van der Waals surface area contributed by atoms with E-state index in [0.29, 0.717) is 12.1 Å². The smallest absolute Gasteiger partial charge is 0.397 e. The van der Waals surface area contributed by atoms with Crippen molar-refractivity contribution in [1.29, 1.82) is 0 Å². The average Bonchev–Trinajstić information content (AvgIpc) is 2.94. The molecule has 3 aromatic rings. The molecule has 0 amide bonds. The molecule has 0 radical (unpaired) electrons. The zero-order valence-electron chi connectivity index (χ0n) is 22.4. The minimum absolute atomic E-state index is 0. The van der Waals surface area contributed by atoms with Gasteiger partial charge in [0.1, 0.15) is 27.7 Å². The van der Waals surface area contributed by atoms with Gasteiger partial charge in [-0.25, -0.2) is 17.9 Å². The Hall–Kier alpha value is -3.86. The summed E-state index contributed by atoms with van der Waals surface area (Å²) in [5.74, 6) is -3.74. The standard InChI is InChI=1S/C20H17N5O17S4.Fe/c26-15-4-3-13(22-23-14-7-10(25(29)30)8-17(19(14)27)45(34,35)36)20(28)18(15)24-21-12-2-1-11(9-16(12)43-42-41-31)44(32,33)6-5-40-46(37,38)39;/h1-4,7-9,26-28,31H,5-6H2,(H,34,35,36)(H,37,38,39);. The third-order valence-electron chi connectivity index (χ3n) is 5.19. The van der Waals surface area contributed by atoms with Crippen molar-refractivity contribution in [3.05, 3.63) is 52.6 Å². The van der Waals surface area contributed by atoms with E-state index in [1.807, 2.05) is 0 Å². The Morgan fingerprint density at radius 3 is 2.04 bits per heavy atom. The molecule has 0 fully saturated rings. The van der Waals surface area contributed by atoms with Crippen LogP contribution in [0.25, 0.3) is 0 Å². The maximum Gasteiger partial charge on any atom is 0.397 e. The third kappa shape index (κ3) is 10.6. The van der Waals surface area contributed by atoms with Crippen LogP contribution in [-0.4, -0.2) is 72.2 Å². The van der Waals surface area contributed by atoms with Crippen LogP contribution >= 0.6 is 12.0 Å². The molecule has 256 valence electrons. The van der Waals surface area contributed by atoms with Crippen LogP contribution in [0.1, 0.15) is 0 Å². The molecule has 0 spiro atoms. The number of benzene rings is 3. The zero-order chi connectivity index (χ0) is 34.4. The van der Waals surface area contributed by atoms with E-state index < -0.39 is 97.4 Å². The molecule has 0 aliphatic rings. The van der Waals surface area contributed by atoms with Gasteiger partial charge in [-0.2, -0.15) is 16.8 Å². The van der Waals surface area contributed by atoms with E-state index in [4.69, 9.17) is 9.81 Å². The molecule has 0 aliphatic carbocycles. The van der Waals surface area contributed by atoms with Crippen molar-refractivity contribution in [1.82, 2.24) is 0 Å². The van der Waals surface area contributed by atoms with E-state index in [1.54, 1.807) is 0 Å². The van der Waals surface area contributed by atoms with E-state index in [-0.39, 0.29) is 39.7 Å². The molecule has 0 atom stereocenters. The number of sulfone groups is 1. The van der Waals surface area contributed by atoms with Crippen molar-refractivity contribution in [2.24, 2.45) is 20.5 Å². The van der Waals surface area contributed by atoms with Gasteiger partial charge in [0.05, 0.1) is 39.1 Å². The topological polar surface area (TPSA) is 344 Å². The molecule has 0 aliphatic heterocycles. The number of phenolic OH excluding ortho intramolecular Hbond substituents is 3. The molecule has 0 unspecified atom stereocenters. The van der Waals surface area contributed by atoms with Crippen LogP contribution in [0.3, 0.4) is 0 Å². The van der Waals surface area contributed by atoms with E-state index >= 15 is 0 Å². The number of nitrogens with zero attached hydrogens (tertiary/aromatic N) is 5. The summed E-state index contributed by atoms with van der Waals surface area (Å²) in [5, 5.41) is 68.6. The van der Waals surface area contributed by atoms with Gasteiger partial charge in [0.15, 0.2) is 27.0 Å². The largest absolute Gasteiger partial charge is 0.505 e. The predicted octanol–water partition coefficient (Wildman–Crippen LogP) is 3.81. The maximum absolute atomic E-state index is 12.5. The van der Waals surface area contributed by atoms with Crippen LogP contribution in [-0.2, 0) is 61.0 Å². The van der Waals surface area contributed by atoms with E-state index in [1.165, 1.54) is 0 Å². The molecular weight excluding hydrogens is 766 g/mol. The van der Waals surface area contributed by atoms with Gasteiger partial charge in [0.25, 0.3) is 15.8 Å². The Kier molecular flexibility index (Phi) is 13.2. The van der Waals surface area contributed by atoms with Gasteiger partial charge in [0.2, 0.25) is 0 Å². The van der Waals surface area contributed by atoms with E-state index in [2.05, 4.69) is 34.0 Å². The van der Waals surface area contributed by atoms with Crippen LogP contribution in [0.4, 0.5) is 28.4 Å². The van der Waals surface area contributed by atoms with Gasteiger partial charge in [-0.15, -0.1) is 24.8 Å². The second-order valence-corrected chi connectivity index (χ2v) is 13.5. The predicted molar refractivity (Wildman–Crippen MR) is 149 cm³/mol. The van der Waals surface area contributed by atoms with Crippen LogP contribution in [0.15, 0.2) is 77.6 Å². The Bertz CT molecular complexity index is 2060. The summed E-state index contributed by atoms with van der Waals surface area (Å²) in [4.78, 5) is 8.21. The number of non-ortho nitro benzene ring substituents is 1. The molecule has 22 nitrogen and oxygen atoms in total. The second-order valence-electron chi connectivity index (χ2n) is 8.17. The Morgan fingerprint density at radius 1 is 0.830 bits per heavy atom. The molecule has 0 bridgehead atoms.